The molecule has 0 aliphatic carbocycles. The fourth-order valence-electron chi connectivity index (χ4n) is 1.53. The largest absolute Gasteiger partial charge is 0.462 e. The van der Waals surface area contributed by atoms with E-state index in [2.05, 4.69) is 0 Å². The number of hydrogen-bond donors (Lipinski definition) is 0. The molecule has 0 aliphatic rings. The first-order valence-corrected chi connectivity index (χ1v) is 5.82. The van der Waals surface area contributed by atoms with E-state index in [1.807, 2.05) is 6.92 Å². The number of aryl methyl sites for hydroxylation is 1. The number of esters is 1. The van der Waals surface area contributed by atoms with Gasteiger partial charge >= 0.3 is 5.97 Å². The monoisotopic (exact) mass is 254 g/mol. The summed E-state index contributed by atoms with van der Waals surface area (Å²) in [6.07, 6.45) is 0. The van der Waals surface area contributed by atoms with Crippen molar-refractivity contribution in [3.63, 3.8) is 0 Å². The Balaban J connectivity index is 3.10. The predicted octanol–water partition coefficient (Wildman–Crippen LogP) is 3.04. The SMILES string of the molecule is CCOC(=O)c1cc(C)cc(C(Cl)C(C)=O)c1. The molecule has 92 valence electrons. The van der Waals surface area contributed by atoms with Crippen LogP contribution in [0.5, 0.6) is 0 Å². The van der Waals surface area contributed by atoms with Gasteiger partial charge in [-0.3, -0.25) is 4.79 Å². The van der Waals surface area contributed by atoms with Gasteiger partial charge in [0.1, 0.15) is 5.38 Å². The van der Waals surface area contributed by atoms with Crippen LogP contribution < -0.4 is 0 Å². The van der Waals surface area contributed by atoms with Crippen LogP contribution >= 0.6 is 11.6 Å². The van der Waals surface area contributed by atoms with Crippen molar-refractivity contribution in [1.29, 1.82) is 0 Å². The zero-order chi connectivity index (χ0) is 13.0. The molecule has 0 spiro atoms. The minimum absolute atomic E-state index is 0.146. The van der Waals surface area contributed by atoms with Gasteiger partial charge < -0.3 is 4.74 Å². The number of carbonyl (C=O) groups excluding carboxylic acids is 2. The third-order valence-electron chi connectivity index (χ3n) is 2.26. The minimum Gasteiger partial charge on any atom is -0.462 e. The van der Waals surface area contributed by atoms with Gasteiger partial charge in [0, 0.05) is 0 Å². The van der Waals surface area contributed by atoms with Gasteiger partial charge in [0.25, 0.3) is 0 Å². The van der Waals surface area contributed by atoms with Crippen LogP contribution in [0.25, 0.3) is 0 Å². The first kappa shape index (κ1) is 13.7. The number of ketones is 1. The molecular formula is C13H15ClO3. The molecule has 0 aromatic heterocycles. The fourth-order valence-corrected chi connectivity index (χ4v) is 1.65. The Hall–Kier alpha value is -1.35. The van der Waals surface area contributed by atoms with E-state index in [4.69, 9.17) is 16.3 Å². The van der Waals surface area contributed by atoms with Crippen molar-refractivity contribution in [2.75, 3.05) is 6.61 Å². The molecule has 1 aromatic carbocycles. The molecule has 0 bridgehead atoms. The van der Waals surface area contributed by atoms with Crippen molar-refractivity contribution in [2.24, 2.45) is 0 Å². The van der Waals surface area contributed by atoms with Crippen LogP contribution in [0.2, 0.25) is 0 Å². The van der Waals surface area contributed by atoms with Crippen molar-refractivity contribution in [3.05, 3.63) is 34.9 Å². The molecule has 0 fully saturated rings. The normalized spacial score (nSPS) is 12.0. The summed E-state index contributed by atoms with van der Waals surface area (Å²) in [4.78, 5) is 22.8. The molecule has 17 heavy (non-hydrogen) atoms. The predicted molar refractivity (Wildman–Crippen MR) is 66.4 cm³/mol. The van der Waals surface area contributed by atoms with E-state index in [0.717, 1.165) is 5.56 Å². The van der Waals surface area contributed by atoms with Gasteiger partial charge in [0.2, 0.25) is 0 Å². The highest BCUT2D eigenvalue weighted by Crippen LogP contribution is 2.24. The van der Waals surface area contributed by atoms with Crippen molar-refractivity contribution >= 4 is 23.4 Å². The van der Waals surface area contributed by atoms with Crippen LogP contribution in [-0.4, -0.2) is 18.4 Å². The van der Waals surface area contributed by atoms with Crippen molar-refractivity contribution in [3.8, 4) is 0 Å². The number of Topliss-reactive ketones (excluding diaryl/α,β-unsaturated/α-hetero) is 1. The molecular weight excluding hydrogens is 240 g/mol. The average Bonchev–Trinajstić information content (AvgIpc) is 2.27. The number of hydrogen-bond acceptors (Lipinski definition) is 3. The van der Waals surface area contributed by atoms with Crippen LogP contribution in [0.3, 0.4) is 0 Å². The molecule has 1 atom stereocenters. The topological polar surface area (TPSA) is 43.4 Å². The summed E-state index contributed by atoms with van der Waals surface area (Å²) >= 11 is 5.97. The molecule has 0 heterocycles. The summed E-state index contributed by atoms with van der Waals surface area (Å²) in [5, 5.41) is -0.719. The summed E-state index contributed by atoms with van der Waals surface area (Å²) < 4.78 is 4.91. The quantitative estimate of drug-likeness (QED) is 0.613. The minimum atomic E-state index is -0.719. The van der Waals surface area contributed by atoms with Crippen molar-refractivity contribution < 1.29 is 14.3 Å². The molecule has 1 rings (SSSR count). The van der Waals surface area contributed by atoms with Crippen LogP contribution in [0.4, 0.5) is 0 Å². The molecule has 0 aliphatic heterocycles. The van der Waals surface area contributed by atoms with E-state index in [1.165, 1.54) is 6.92 Å². The van der Waals surface area contributed by atoms with E-state index in [-0.39, 0.29) is 5.78 Å². The van der Waals surface area contributed by atoms with E-state index in [1.54, 1.807) is 25.1 Å². The first-order valence-electron chi connectivity index (χ1n) is 5.39. The molecule has 4 heteroatoms. The van der Waals surface area contributed by atoms with Crippen LogP contribution in [0.1, 0.15) is 40.7 Å². The van der Waals surface area contributed by atoms with Gasteiger partial charge in [-0.15, -0.1) is 11.6 Å². The smallest absolute Gasteiger partial charge is 0.338 e. The summed E-state index contributed by atoms with van der Waals surface area (Å²) in [6.45, 7) is 5.33. The Morgan fingerprint density at radius 3 is 2.53 bits per heavy atom. The Labute approximate surface area is 106 Å². The zero-order valence-corrected chi connectivity index (χ0v) is 10.9. The fraction of sp³-hybridized carbons (Fsp3) is 0.385. The zero-order valence-electron chi connectivity index (χ0n) is 10.1. The molecule has 0 radical (unpaired) electrons. The first-order chi connectivity index (χ1) is 7.95. The highest BCUT2D eigenvalue weighted by atomic mass is 35.5. The number of ether oxygens (including phenoxy) is 1. The maximum atomic E-state index is 11.6. The molecule has 0 N–H and O–H groups in total. The van der Waals surface area contributed by atoms with Crippen LogP contribution in [-0.2, 0) is 9.53 Å². The van der Waals surface area contributed by atoms with E-state index in [9.17, 15) is 9.59 Å². The maximum absolute atomic E-state index is 11.6. The lowest BCUT2D eigenvalue weighted by molar-refractivity contribution is -0.116. The highest BCUT2D eigenvalue weighted by Gasteiger charge is 2.16. The van der Waals surface area contributed by atoms with Gasteiger partial charge in [-0.1, -0.05) is 6.07 Å². The number of rotatable bonds is 4. The summed E-state index contributed by atoms with van der Waals surface area (Å²) in [7, 11) is 0. The summed E-state index contributed by atoms with van der Waals surface area (Å²) in [6, 6.07) is 5.11. The third-order valence-corrected chi connectivity index (χ3v) is 2.82. The molecule has 1 aromatic rings. The van der Waals surface area contributed by atoms with E-state index < -0.39 is 11.3 Å². The van der Waals surface area contributed by atoms with Gasteiger partial charge in [-0.2, -0.15) is 0 Å². The molecule has 3 nitrogen and oxygen atoms in total. The average molecular weight is 255 g/mol. The molecule has 0 amide bonds. The summed E-state index contributed by atoms with van der Waals surface area (Å²) in [5.41, 5.74) is 1.92. The Bertz CT molecular complexity index is 440. The van der Waals surface area contributed by atoms with Gasteiger partial charge in [0.15, 0.2) is 5.78 Å². The lowest BCUT2D eigenvalue weighted by atomic mass is 10.0. The lowest BCUT2D eigenvalue weighted by Gasteiger charge is -2.10. The Kier molecular flexibility index (Phi) is 4.70. The Morgan fingerprint density at radius 1 is 1.35 bits per heavy atom. The molecule has 0 saturated carbocycles. The van der Waals surface area contributed by atoms with Gasteiger partial charge in [0.05, 0.1) is 12.2 Å². The third kappa shape index (κ3) is 3.56. The van der Waals surface area contributed by atoms with Gasteiger partial charge in [-0.05, 0) is 44.0 Å². The second-order valence-electron chi connectivity index (χ2n) is 3.83. The van der Waals surface area contributed by atoms with Crippen molar-refractivity contribution in [1.82, 2.24) is 0 Å². The van der Waals surface area contributed by atoms with E-state index >= 15 is 0 Å². The van der Waals surface area contributed by atoms with Gasteiger partial charge in [-0.25, -0.2) is 4.79 Å². The van der Waals surface area contributed by atoms with Crippen LogP contribution in [0, 0.1) is 6.92 Å². The second-order valence-corrected chi connectivity index (χ2v) is 4.26. The number of benzene rings is 1. The van der Waals surface area contributed by atoms with E-state index in [0.29, 0.717) is 17.7 Å². The van der Waals surface area contributed by atoms with Crippen molar-refractivity contribution in [2.45, 2.75) is 26.1 Å². The number of alkyl halides is 1. The highest BCUT2D eigenvalue weighted by molar-refractivity contribution is 6.30. The molecule has 1 unspecified atom stereocenters. The standard InChI is InChI=1S/C13H15ClO3/c1-4-17-13(16)11-6-8(2)5-10(7-11)12(14)9(3)15/h5-7,12H,4H2,1-3H3. The molecule has 0 saturated heterocycles. The second kappa shape index (κ2) is 5.82. The lowest BCUT2D eigenvalue weighted by Crippen LogP contribution is -2.08. The Morgan fingerprint density at radius 2 is 2.00 bits per heavy atom. The summed E-state index contributed by atoms with van der Waals surface area (Å²) in [5.74, 6) is -0.544. The number of halogens is 1. The number of carbonyl (C=O) groups is 2. The maximum Gasteiger partial charge on any atom is 0.338 e. The van der Waals surface area contributed by atoms with Crippen LogP contribution in [0.15, 0.2) is 18.2 Å².